The van der Waals surface area contributed by atoms with Crippen LogP contribution in [0.1, 0.15) is 24.1 Å². The number of nitrogens with one attached hydrogen (secondary N) is 1. The van der Waals surface area contributed by atoms with E-state index in [0.717, 1.165) is 6.04 Å². The zero-order valence-corrected chi connectivity index (χ0v) is 8.07. The van der Waals surface area contributed by atoms with Gasteiger partial charge in [0.25, 0.3) is 0 Å². The average Bonchev–Trinajstić information content (AvgIpc) is 2.76. The van der Waals surface area contributed by atoms with E-state index < -0.39 is 0 Å². The standard InChI is InChI=1S/C10H15NS/c1(7-11-9-5-6-9)3-10-4-2-8-12-10/h2,4,8-9,11H,1,3,5-7H2. The number of rotatable bonds is 5. The van der Waals surface area contributed by atoms with E-state index >= 15 is 0 Å². The van der Waals surface area contributed by atoms with Gasteiger partial charge < -0.3 is 5.32 Å². The molecule has 0 aliphatic heterocycles. The van der Waals surface area contributed by atoms with Crippen LogP contribution in [0.3, 0.4) is 0 Å². The van der Waals surface area contributed by atoms with Gasteiger partial charge in [-0.1, -0.05) is 6.07 Å². The molecule has 0 saturated heterocycles. The molecule has 2 rings (SSSR count). The van der Waals surface area contributed by atoms with Gasteiger partial charge in [0.1, 0.15) is 0 Å². The van der Waals surface area contributed by atoms with Crippen molar-refractivity contribution in [3.05, 3.63) is 22.4 Å². The first-order valence-corrected chi connectivity index (χ1v) is 5.59. The Morgan fingerprint density at radius 3 is 3.08 bits per heavy atom. The molecule has 0 spiro atoms. The maximum absolute atomic E-state index is 3.52. The van der Waals surface area contributed by atoms with Gasteiger partial charge in [-0.15, -0.1) is 11.3 Å². The Morgan fingerprint density at radius 2 is 2.42 bits per heavy atom. The molecule has 12 heavy (non-hydrogen) atoms. The van der Waals surface area contributed by atoms with Gasteiger partial charge in [0, 0.05) is 10.9 Å². The van der Waals surface area contributed by atoms with Crippen LogP contribution >= 0.6 is 11.3 Å². The summed E-state index contributed by atoms with van der Waals surface area (Å²) in [7, 11) is 0. The minimum Gasteiger partial charge on any atom is -0.314 e. The molecule has 1 heterocycles. The van der Waals surface area contributed by atoms with Crippen LogP contribution in [-0.4, -0.2) is 12.6 Å². The highest BCUT2D eigenvalue weighted by atomic mass is 32.1. The van der Waals surface area contributed by atoms with Crippen LogP contribution in [0.5, 0.6) is 0 Å². The number of aryl methyl sites for hydroxylation is 1. The average molecular weight is 181 g/mol. The van der Waals surface area contributed by atoms with Gasteiger partial charge in [-0.25, -0.2) is 0 Å². The lowest BCUT2D eigenvalue weighted by Crippen LogP contribution is -2.17. The number of thiophene rings is 1. The van der Waals surface area contributed by atoms with Gasteiger partial charge in [0.05, 0.1) is 0 Å². The number of hydrogen-bond donors (Lipinski definition) is 1. The predicted octanol–water partition coefficient (Wildman–Crippen LogP) is 2.43. The first-order chi connectivity index (χ1) is 5.95. The summed E-state index contributed by atoms with van der Waals surface area (Å²) in [5, 5.41) is 5.68. The molecule has 1 saturated carbocycles. The normalized spacial score (nSPS) is 16.7. The summed E-state index contributed by atoms with van der Waals surface area (Å²) in [5.74, 6) is 0. The monoisotopic (exact) mass is 181 g/mol. The van der Waals surface area contributed by atoms with Crippen LogP contribution in [0.4, 0.5) is 0 Å². The largest absolute Gasteiger partial charge is 0.314 e. The number of hydrogen-bond acceptors (Lipinski definition) is 2. The van der Waals surface area contributed by atoms with Crippen molar-refractivity contribution in [3.8, 4) is 0 Å². The van der Waals surface area contributed by atoms with Crippen molar-refractivity contribution in [3.63, 3.8) is 0 Å². The topological polar surface area (TPSA) is 12.0 Å². The molecule has 1 aliphatic rings. The van der Waals surface area contributed by atoms with Crippen LogP contribution in [-0.2, 0) is 6.42 Å². The van der Waals surface area contributed by atoms with Crippen LogP contribution in [0, 0.1) is 0 Å². The maximum atomic E-state index is 3.52. The fourth-order valence-electron chi connectivity index (χ4n) is 1.31. The summed E-state index contributed by atoms with van der Waals surface area (Å²) in [6, 6.07) is 5.23. The van der Waals surface area contributed by atoms with Crippen molar-refractivity contribution in [2.75, 3.05) is 6.54 Å². The second kappa shape index (κ2) is 4.06. The highest BCUT2D eigenvalue weighted by Crippen LogP contribution is 2.18. The Bertz CT molecular complexity index is 214. The summed E-state index contributed by atoms with van der Waals surface area (Å²) < 4.78 is 0. The van der Waals surface area contributed by atoms with Crippen molar-refractivity contribution in [1.82, 2.24) is 5.32 Å². The highest BCUT2D eigenvalue weighted by Gasteiger charge is 2.19. The summed E-state index contributed by atoms with van der Waals surface area (Å²) >= 11 is 1.87. The van der Waals surface area contributed by atoms with Crippen molar-refractivity contribution < 1.29 is 0 Å². The second-order valence-corrected chi connectivity index (χ2v) is 4.44. The molecule has 1 nitrogen and oxygen atoms in total. The van der Waals surface area contributed by atoms with Crippen molar-refractivity contribution in [2.45, 2.75) is 31.7 Å². The molecule has 1 aromatic rings. The van der Waals surface area contributed by atoms with Gasteiger partial charge in [-0.2, -0.15) is 0 Å². The third kappa shape index (κ3) is 2.61. The molecule has 0 radical (unpaired) electrons. The van der Waals surface area contributed by atoms with Crippen LogP contribution in [0.25, 0.3) is 0 Å². The molecule has 1 aliphatic carbocycles. The van der Waals surface area contributed by atoms with E-state index in [1.165, 1.54) is 37.1 Å². The Labute approximate surface area is 77.8 Å². The van der Waals surface area contributed by atoms with Crippen molar-refractivity contribution in [1.29, 1.82) is 0 Å². The highest BCUT2D eigenvalue weighted by molar-refractivity contribution is 7.09. The lowest BCUT2D eigenvalue weighted by Gasteiger charge is -2.00. The van der Waals surface area contributed by atoms with E-state index in [1.807, 2.05) is 11.3 Å². The van der Waals surface area contributed by atoms with Gasteiger partial charge in [0.15, 0.2) is 0 Å². The predicted molar refractivity (Wildman–Crippen MR) is 53.7 cm³/mol. The summed E-state index contributed by atoms with van der Waals surface area (Å²) in [4.78, 5) is 1.52. The molecule has 0 atom stereocenters. The summed E-state index contributed by atoms with van der Waals surface area (Å²) in [6.45, 7) is 1.20. The van der Waals surface area contributed by atoms with E-state index in [4.69, 9.17) is 0 Å². The van der Waals surface area contributed by atoms with Gasteiger partial charge in [-0.05, 0) is 43.7 Å². The lowest BCUT2D eigenvalue weighted by molar-refractivity contribution is 0.648. The SMILES string of the molecule is c1csc(CCCNC2CC2)c1. The quantitative estimate of drug-likeness (QED) is 0.688. The van der Waals surface area contributed by atoms with E-state index in [9.17, 15) is 0 Å². The Balaban J connectivity index is 1.56. The Hall–Kier alpha value is -0.340. The molecule has 1 aromatic heterocycles. The minimum absolute atomic E-state index is 0.869. The fraction of sp³-hybridized carbons (Fsp3) is 0.600. The van der Waals surface area contributed by atoms with Gasteiger partial charge in [0.2, 0.25) is 0 Å². The molecule has 66 valence electrons. The van der Waals surface area contributed by atoms with Crippen LogP contribution in [0.15, 0.2) is 17.5 Å². The fourth-order valence-corrected chi connectivity index (χ4v) is 2.06. The van der Waals surface area contributed by atoms with E-state index in [1.54, 1.807) is 0 Å². The third-order valence-corrected chi connectivity index (χ3v) is 3.13. The molecule has 1 fully saturated rings. The third-order valence-electron chi connectivity index (χ3n) is 2.19. The molecule has 0 bridgehead atoms. The van der Waals surface area contributed by atoms with E-state index in [0.29, 0.717) is 0 Å². The second-order valence-electron chi connectivity index (χ2n) is 3.41. The zero-order valence-electron chi connectivity index (χ0n) is 7.25. The van der Waals surface area contributed by atoms with Crippen LogP contribution in [0.2, 0.25) is 0 Å². The van der Waals surface area contributed by atoms with Crippen molar-refractivity contribution in [2.24, 2.45) is 0 Å². The van der Waals surface area contributed by atoms with Gasteiger partial charge >= 0.3 is 0 Å². The zero-order chi connectivity index (χ0) is 8.23. The summed E-state index contributed by atoms with van der Waals surface area (Å²) in [6.07, 6.45) is 5.34. The Morgan fingerprint density at radius 1 is 1.50 bits per heavy atom. The molecule has 1 N–H and O–H groups in total. The first kappa shape index (κ1) is 8.27. The summed E-state index contributed by atoms with van der Waals surface area (Å²) in [5.41, 5.74) is 0. The molecule has 0 unspecified atom stereocenters. The maximum Gasteiger partial charge on any atom is 0.00682 e. The Kier molecular flexibility index (Phi) is 2.79. The van der Waals surface area contributed by atoms with Crippen LogP contribution < -0.4 is 5.32 Å². The van der Waals surface area contributed by atoms with Gasteiger partial charge in [-0.3, -0.25) is 0 Å². The van der Waals surface area contributed by atoms with Crippen molar-refractivity contribution >= 4 is 11.3 Å². The molecule has 0 amide bonds. The first-order valence-electron chi connectivity index (χ1n) is 4.71. The molecule has 0 aromatic carbocycles. The van der Waals surface area contributed by atoms with E-state index in [2.05, 4.69) is 22.8 Å². The molecular formula is C10H15NS. The molecule has 2 heteroatoms. The minimum atomic E-state index is 0.869. The molecular weight excluding hydrogens is 166 g/mol. The lowest BCUT2D eigenvalue weighted by atomic mass is 10.2. The van der Waals surface area contributed by atoms with E-state index in [-0.39, 0.29) is 0 Å². The smallest absolute Gasteiger partial charge is 0.00682 e.